The molecule has 4 N–H and O–H groups in total. The number of aromatic nitrogens is 1. The van der Waals surface area contributed by atoms with Crippen molar-refractivity contribution >= 4 is 52.1 Å². The predicted molar refractivity (Wildman–Crippen MR) is 335 cm³/mol. The number of aliphatic hydroxyl groups excluding tert-OH is 1. The van der Waals surface area contributed by atoms with Crippen LogP contribution in [0.1, 0.15) is 116 Å². The minimum atomic E-state index is -0.974. The summed E-state index contributed by atoms with van der Waals surface area (Å²) in [7, 11) is 2.14. The first-order chi connectivity index (χ1) is 40.7. The number of benzene rings is 3. The van der Waals surface area contributed by atoms with E-state index >= 15 is 0 Å². The minimum Gasteiger partial charge on any atom is -0.391 e. The van der Waals surface area contributed by atoms with Crippen LogP contribution in [0.4, 0.5) is 11.4 Å². The van der Waals surface area contributed by atoms with E-state index in [1.807, 2.05) is 64.4 Å². The Balaban J connectivity index is 0.681. The van der Waals surface area contributed by atoms with Crippen molar-refractivity contribution in [2.75, 3.05) is 97.7 Å². The number of hydrogen-bond acceptors (Lipinski definition) is 13. The molecule has 0 bridgehead atoms. The van der Waals surface area contributed by atoms with Crippen molar-refractivity contribution in [3.63, 3.8) is 0 Å². The van der Waals surface area contributed by atoms with Gasteiger partial charge >= 0.3 is 0 Å². The highest BCUT2D eigenvalue weighted by Gasteiger charge is 2.46. The molecular formula is C67H92N7O10S+. The highest BCUT2D eigenvalue weighted by Crippen LogP contribution is 2.48. The zero-order valence-corrected chi connectivity index (χ0v) is 52.6. The SMILES string of the molecule is Cc1ncsc1-c1ccc([C@H](C)NC(=O)[C@@H]2C[C@@H](O)CN2C(=O)[C@@H](NC(=O)COCCOCCOCCOCCOCCNC(=O)CCCCCN2/C(=C/C=C/C=C/C3=[N+](C)c4ccccc4C3(C)C)C(C)(C)c3ccccc32)C(C)(C)C)cc1. The zero-order chi connectivity index (χ0) is 61.2. The quantitative estimate of drug-likeness (QED) is 0.0206. The van der Waals surface area contributed by atoms with Crippen LogP contribution >= 0.6 is 11.3 Å². The van der Waals surface area contributed by atoms with E-state index in [0.717, 1.165) is 47.5 Å². The Bertz CT molecular complexity index is 3000. The number of aryl methyl sites for hydroxylation is 1. The number of unbranched alkanes of at least 4 members (excludes halogenated alkanes) is 2. The summed E-state index contributed by atoms with van der Waals surface area (Å²) in [4.78, 5) is 62.6. The smallest absolute Gasteiger partial charge is 0.246 e. The molecule has 1 aromatic heterocycles. The minimum absolute atomic E-state index is 0.0232. The van der Waals surface area contributed by atoms with Gasteiger partial charge in [0.2, 0.25) is 29.3 Å². The van der Waals surface area contributed by atoms with Crippen molar-refractivity contribution in [3.05, 3.63) is 137 Å². The van der Waals surface area contributed by atoms with Crippen LogP contribution in [0.15, 0.2) is 114 Å². The van der Waals surface area contributed by atoms with Gasteiger partial charge in [-0.1, -0.05) is 120 Å². The van der Waals surface area contributed by atoms with E-state index in [1.54, 1.807) is 11.3 Å². The first-order valence-corrected chi connectivity index (χ1v) is 31.0. The fraction of sp³-hybridized carbons (Fsp3) is 0.522. The van der Waals surface area contributed by atoms with Gasteiger partial charge in [-0.2, -0.15) is 4.58 Å². The Morgan fingerprint density at radius 3 is 2.06 bits per heavy atom. The van der Waals surface area contributed by atoms with E-state index in [1.165, 1.54) is 38.8 Å². The van der Waals surface area contributed by atoms with Gasteiger partial charge in [0.15, 0.2) is 5.71 Å². The summed E-state index contributed by atoms with van der Waals surface area (Å²) in [6.07, 6.45) is 13.3. The molecule has 1 saturated heterocycles. The number of rotatable bonds is 32. The maximum Gasteiger partial charge on any atom is 0.246 e. The van der Waals surface area contributed by atoms with Crippen LogP contribution in [0, 0.1) is 12.3 Å². The molecule has 460 valence electrons. The number of para-hydroxylation sites is 2. The first-order valence-electron chi connectivity index (χ1n) is 30.1. The molecule has 4 atom stereocenters. The van der Waals surface area contributed by atoms with Crippen molar-refractivity contribution in [1.29, 1.82) is 0 Å². The predicted octanol–water partition coefficient (Wildman–Crippen LogP) is 9.05. The Morgan fingerprint density at radius 1 is 0.776 bits per heavy atom. The average molecular weight is 1190 g/mol. The number of carbonyl (C=O) groups is 4. The van der Waals surface area contributed by atoms with Crippen molar-refractivity contribution < 1.29 is 52.5 Å². The van der Waals surface area contributed by atoms with E-state index in [-0.39, 0.29) is 61.5 Å². The number of allylic oxidation sites excluding steroid dienone is 6. The second-order valence-corrected chi connectivity index (χ2v) is 25.1. The number of anilines is 1. The molecule has 0 radical (unpaired) electrons. The van der Waals surface area contributed by atoms with Crippen LogP contribution in [-0.2, 0) is 53.7 Å². The monoisotopic (exact) mass is 1190 g/mol. The van der Waals surface area contributed by atoms with Gasteiger partial charge in [0.1, 0.15) is 25.7 Å². The molecule has 0 aliphatic carbocycles. The van der Waals surface area contributed by atoms with Crippen molar-refractivity contribution in [3.8, 4) is 10.4 Å². The summed E-state index contributed by atoms with van der Waals surface area (Å²) in [5, 5.41) is 19.4. The Kier molecular flexibility index (Phi) is 24.4. The van der Waals surface area contributed by atoms with Gasteiger partial charge in [0.05, 0.1) is 93.1 Å². The summed E-state index contributed by atoms with van der Waals surface area (Å²) < 4.78 is 30.3. The van der Waals surface area contributed by atoms with Crippen LogP contribution < -0.4 is 20.9 Å². The third-order valence-corrected chi connectivity index (χ3v) is 17.1. The van der Waals surface area contributed by atoms with E-state index < -0.39 is 35.4 Å². The van der Waals surface area contributed by atoms with Gasteiger partial charge < -0.3 is 54.5 Å². The summed E-state index contributed by atoms with van der Waals surface area (Å²) >= 11 is 1.57. The van der Waals surface area contributed by atoms with Crippen molar-refractivity contribution in [1.82, 2.24) is 25.8 Å². The van der Waals surface area contributed by atoms with Crippen molar-refractivity contribution in [2.45, 2.75) is 129 Å². The number of nitrogens with zero attached hydrogens (tertiary/aromatic N) is 4. The molecule has 0 saturated carbocycles. The van der Waals surface area contributed by atoms with E-state index in [9.17, 15) is 24.3 Å². The van der Waals surface area contributed by atoms with Gasteiger partial charge in [-0.3, -0.25) is 19.2 Å². The fourth-order valence-electron chi connectivity index (χ4n) is 11.4. The molecule has 3 aliphatic heterocycles. The first kappa shape index (κ1) is 66.2. The number of thiazole rings is 1. The summed E-state index contributed by atoms with van der Waals surface area (Å²) in [6.45, 7) is 22.6. The lowest BCUT2D eigenvalue weighted by atomic mass is 9.81. The van der Waals surface area contributed by atoms with E-state index in [2.05, 4.69) is 144 Å². The molecule has 4 aromatic rings. The number of amides is 4. The molecule has 1 fully saturated rings. The maximum atomic E-state index is 14.0. The second-order valence-electron chi connectivity index (χ2n) is 24.2. The molecule has 4 amide bonds. The highest BCUT2D eigenvalue weighted by atomic mass is 32.1. The number of nitrogens with one attached hydrogen (secondary N) is 3. The molecule has 0 spiro atoms. The summed E-state index contributed by atoms with van der Waals surface area (Å²) in [5.41, 5.74) is 11.6. The van der Waals surface area contributed by atoms with Crippen LogP contribution in [-0.4, -0.2) is 160 Å². The van der Waals surface area contributed by atoms with Crippen LogP contribution in [0.3, 0.4) is 0 Å². The number of fused-ring (bicyclic) bond motifs is 2. The van der Waals surface area contributed by atoms with Crippen LogP contribution in [0.25, 0.3) is 10.4 Å². The van der Waals surface area contributed by atoms with Gasteiger partial charge in [-0.05, 0) is 74.8 Å². The summed E-state index contributed by atoms with van der Waals surface area (Å²) in [5.74, 6) is -1.28. The molecule has 4 heterocycles. The third-order valence-electron chi connectivity index (χ3n) is 16.1. The molecule has 17 nitrogen and oxygen atoms in total. The number of β-amino-alcohol motifs (C(OH)–C–C–N with tert-alkyl or cyclic N) is 1. The van der Waals surface area contributed by atoms with E-state index in [4.69, 9.17) is 23.7 Å². The van der Waals surface area contributed by atoms with Crippen molar-refractivity contribution in [2.24, 2.45) is 5.41 Å². The molecule has 3 aliphatic rings. The largest absolute Gasteiger partial charge is 0.391 e. The zero-order valence-electron chi connectivity index (χ0n) is 51.7. The highest BCUT2D eigenvalue weighted by molar-refractivity contribution is 7.13. The summed E-state index contributed by atoms with van der Waals surface area (Å²) in [6, 6.07) is 23.0. The van der Waals surface area contributed by atoms with Gasteiger partial charge in [0, 0.05) is 67.0 Å². The molecule has 85 heavy (non-hydrogen) atoms. The number of likely N-dealkylation sites (tertiary alicyclic amines) is 1. The number of ether oxygens (including phenoxy) is 5. The van der Waals surface area contributed by atoms with Crippen LogP contribution in [0.2, 0.25) is 0 Å². The molecule has 18 heteroatoms. The Labute approximate surface area is 507 Å². The normalized spacial score (nSPS) is 18.4. The number of aliphatic hydroxyl groups is 1. The topological polar surface area (TPSA) is 193 Å². The third kappa shape index (κ3) is 17.9. The lowest BCUT2D eigenvalue weighted by molar-refractivity contribution is -0.401. The lowest BCUT2D eigenvalue weighted by Crippen LogP contribution is -2.58. The van der Waals surface area contributed by atoms with Gasteiger partial charge in [0.25, 0.3) is 0 Å². The molecular weight excluding hydrogens is 1090 g/mol. The average Bonchev–Trinajstić information content (AvgIpc) is 2.02. The van der Waals surface area contributed by atoms with Gasteiger partial charge in [-0.15, -0.1) is 11.3 Å². The molecule has 3 aromatic carbocycles. The fourth-order valence-corrected chi connectivity index (χ4v) is 12.2. The maximum absolute atomic E-state index is 14.0. The lowest BCUT2D eigenvalue weighted by Gasteiger charge is -2.35. The molecule has 7 rings (SSSR count). The number of carbonyl (C=O) groups excluding carboxylic acids is 4. The van der Waals surface area contributed by atoms with E-state index in [0.29, 0.717) is 59.2 Å². The standard InChI is InChI=1S/C67H91N7O10S/c1-47(49-28-30-50(31-29-49)61-48(2)69-46-85-61)70-63(78)56-43-51(75)44-74(56)64(79)62(65(3,4)5)71-60(77)45-84-42-41-83-40-39-82-38-37-81-36-35-80-34-32-68-59(76)27-15-12-20-33-73-55-24-19-17-22-53(55)67(8,9)58(73)26-14-11-13-25-57-66(6,7)52-21-16-18-23-54(52)72(57)10/h11,13-14,16-19,21-26,28-31,46-47,51,56,62,75H,12,15,20,27,32-45H2,1-10H3,(H2-,68,70,71,76,77,78)/p+1/t47-,51+,56-,62+/m0/s1. The molecule has 0 unspecified atom stereocenters. The van der Waals surface area contributed by atoms with Gasteiger partial charge in [-0.25, -0.2) is 4.98 Å². The number of hydrogen-bond donors (Lipinski definition) is 4. The Hall–Kier alpha value is -6.38. The van der Waals surface area contributed by atoms with Crippen LogP contribution in [0.5, 0.6) is 0 Å². The second kappa shape index (κ2) is 31.3. The Morgan fingerprint density at radius 2 is 1.41 bits per heavy atom.